The van der Waals surface area contributed by atoms with Gasteiger partial charge in [0, 0.05) is 6.20 Å². The molecule has 0 saturated heterocycles. The molecule has 4 rings (SSSR count). The number of aliphatic hydroxyl groups is 1. The van der Waals surface area contributed by atoms with Gasteiger partial charge in [-0.05, 0) is 35.7 Å². The van der Waals surface area contributed by atoms with Gasteiger partial charge in [0.25, 0.3) is 0 Å². The minimum absolute atomic E-state index is 0.108. The quantitative estimate of drug-likeness (QED) is 0.314. The Kier molecular flexibility index (Phi) is 8.09. The first-order chi connectivity index (χ1) is 16.2. The lowest BCUT2D eigenvalue weighted by molar-refractivity contribution is -0.0860. The minimum atomic E-state index is -0.811. The summed E-state index contributed by atoms with van der Waals surface area (Å²) in [5.41, 5.74) is 4.27. The van der Waals surface area contributed by atoms with Crippen molar-refractivity contribution in [2.75, 3.05) is 6.61 Å². The fraction of sp³-hybridized carbons (Fsp3) is 0.241. The number of nitrogens with zero attached hydrogens (tertiary/aromatic N) is 1. The van der Waals surface area contributed by atoms with Crippen molar-refractivity contribution >= 4 is 0 Å². The van der Waals surface area contributed by atoms with Crippen LogP contribution in [-0.4, -0.2) is 22.4 Å². The Bertz CT molecular complexity index is 1080. The van der Waals surface area contributed by atoms with Crippen molar-refractivity contribution in [3.63, 3.8) is 0 Å². The fourth-order valence-corrected chi connectivity index (χ4v) is 4.01. The van der Waals surface area contributed by atoms with Crippen molar-refractivity contribution in [3.8, 4) is 0 Å². The Labute approximate surface area is 196 Å². The standard InChI is InChI=1S/C29H31NO3/c1-23(26-16-9-4-10-17-26)30-19-11-18-27(30)29(33-21-25-14-7-3-8-15-25)28(31)22-32-20-24-12-5-2-6-13-24/h2-19,23,28-29,31H,20-22H2,1H3/t23-,28-,29+/m1/s1. The highest BCUT2D eigenvalue weighted by molar-refractivity contribution is 5.23. The number of hydrogen-bond acceptors (Lipinski definition) is 3. The molecular weight excluding hydrogens is 410 g/mol. The Balaban J connectivity index is 1.52. The lowest BCUT2D eigenvalue weighted by atomic mass is 10.1. The molecule has 3 atom stereocenters. The van der Waals surface area contributed by atoms with Crippen LogP contribution in [0.5, 0.6) is 0 Å². The van der Waals surface area contributed by atoms with E-state index in [2.05, 4.69) is 23.6 Å². The lowest BCUT2D eigenvalue weighted by Gasteiger charge is -2.27. The number of rotatable bonds is 11. The second kappa shape index (κ2) is 11.6. The molecule has 4 aromatic rings. The zero-order valence-electron chi connectivity index (χ0n) is 19.0. The van der Waals surface area contributed by atoms with E-state index in [9.17, 15) is 5.11 Å². The molecule has 1 N–H and O–H groups in total. The van der Waals surface area contributed by atoms with Crippen molar-refractivity contribution in [2.24, 2.45) is 0 Å². The van der Waals surface area contributed by atoms with E-state index in [1.54, 1.807) is 0 Å². The molecule has 33 heavy (non-hydrogen) atoms. The number of ether oxygens (including phenoxy) is 2. The summed E-state index contributed by atoms with van der Waals surface area (Å²) in [5.74, 6) is 0. The summed E-state index contributed by atoms with van der Waals surface area (Å²) in [7, 11) is 0. The number of aliphatic hydroxyl groups excluding tert-OH is 1. The van der Waals surface area contributed by atoms with Gasteiger partial charge in [-0.15, -0.1) is 0 Å². The van der Waals surface area contributed by atoms with Gasteiger partial charge in [0.2, 0.25) is 0 Å². The van der Waals surface area contributed by atoms with E-state index in [4.69, 9.17) is 9.47 Å². The molecule has 0 aliphatic heterocycles. The second-order valence-electron chi connectivity index (χ2n) is 8.21. The molecule has 0 fully saturated rings. The minimum Gasteiger partial charge on any atom is -0.388 e. The molecule has 3 aromatic carbocycles. The lowest BCUT2D eigenvalue weighted by Crippen LogP contribution is -2.29. The SMILES string of the molecule is C[C@H](c1ccccc1)n1cccc1[C@H](OCc1ccccc1)[C@H](O)COCc1ccccc1. The van der Waals surface area contributed by atoms with Crippen molar-refractivity contribution < 1.29 is 14.6 Å². The van der Waals surface area contributed by atoms with Gasteiger partial charge in [0.05, 0.1) is 31.6 Å². The third kappa shape index (κ3) is 6.20. The topological polar surface area (TPSA) is 43.6 Å². The third-order valence-corrected chi connectivity index (χ3v) is 5.82. The molecule has 0 spiro atoms. The average molecular weight is 442 g/mol. The Hall–Kier alpha value is -3.18. The van der Waals surface area contributed by atoms with Crippen LogP contribution in [0.4, 0.5) is 0 Å². The first-order valence-corrected chi connectivity index (χ1v) is 11.4. The van der Waals surface area contributed by atoms with Crippen molar-refractivity contribution in [2.45, 2.75) is 38.4 Å². The summed E-state index contributed by atoms with van der Waals surface area (Å²) in [6.07, 6.45) is 0.708. The maximum absolute atomic E-state index is 11.2. The van der Waals surface area contributed by atoms with E-state index in [1.807, 2.05) is 97.2 Å². The van der Waals surface area contributed by atoms with Crippen LogP contribution in [0.25, 0.3) is 0 Å². The van der Waals surface area contributed by atoms with Gasteiger partial charge in [-0.3, -0.25) is 0 Å². The number of benzene rings is 3. The van der Waals surface area contributed by atoms with Crippen LogP contribution in [0.1, 0.15) is 41.5 Å². The summed E-state index contributed by atoms with van der Waals surface area (Å²) in [4.78, 5) is 0. The van der Waals surface area contributed by atoms with Gasteiger partial charge < -0.3 is 19.1 Å². The molecule has 0 aliphatic rings. The molecule has 0 saturated carbocycles. The number of aromatic nitrogens is 1. The van der Waals surface area contributed by atoms with Crippen LogP contribution in [0, 0.1) is 0 Å². The Morgan fingerprint density at radius 1 is 0.727 bits per heavy atom. The van der Waals surface area contributed by atoms with E-state index in [0.717, 1.165) is 16.8 Å². The molecule has 0 radical (unpaired) electrons. The zero-order chi connectivity index (χ0) is 22.9. The maximum atomic E-state index is 11.2. The largest absolute Gasteiger partial charge is 0.388 e. The predicted molar refractivity (Wildman–Crippen MR) is 131 cm³/mol. The van der Waals surface area contributed by atoms with Gasteiger partial charge in [0.15, 0.2) is 0 Å². The molecule has 0 bridgehead atoms. The van der Waals surface area contributed by atoms with E-state index in [1.165, 1.54) is 5.56 Å². The van der Waals surface area contributed by atoms with Crippen LogP contribution in [0.2, 0.25) is 0 Å². The summed E-state index contributed by atoms with van der Waals surface area (Å²) < 4.78 is 14.3. The monoisotopic (exact) mass is 441 g/mol. The number of hydrogen-bond donors (Lipinski definition) is 1. The molecule has 1 aromatic heterocycles. The van der Waals surface area contributed by atoms with Crippen LogP contribution in [0.15, 0.2) is 109 Å². The van der Waals surface area contributed by atoms with Crippen molar-refractivity contribution in [1.82, 2.24) is 4.57 Å². The highest BCUT2D eigenvalue weighted by atomic mass is 16.5. The molecule has 0 amide bonds. The van der Waals surface area contributed by atoms with Crippen molar-refractivity contribution in [1.29, 1.82) is 0 Å². The zero-order valence-corrected chi connectivity index (χ0v) is 19.0. The van der Waals surface area contributed by atoms with Crippen LogP contribution >= 0.6 is 0 Å². The Morgan fingerprint density at radius 2 is 1.30 bits per heavy atom. The molecule has 0 unspecified atom stereocenters. The van der Waals surface area contributed by atoms with E-state index >= 15 is 0 Å². The summed E-state index contributed by atoms with van der Waals surface area (Å²) in [6.45, 7) is 3.20. The van der Waals surface area contributed by atoms with Crippen LogP contribution < -0.4 is 0 Å². The first kappa shape index (κ1) is 23.0. The van der Waals surface area contributed by atoms with Crippen LogP contribution in [0.3, 0.4) is 0 Å². The normalized spacial score (nSPS) is 14.0. The van der Waals surface area contributed by atoms with E-state index in [0.29, 0.717) is 13.2 Å². The van der Waals surface area contributed by atoms with E-state index < -0.39 is 12.2 Å². The second-order valence-corrected chi connectivity index (χ2v) is 8.21. The first-order valence-electron chi connectivity index (χ1n) is 11.4. The van der Waals surface area contributed by atoms with Gasteiger partial charge in [-0.2, -0.15) is 0 Å². The molecule has 170 valence electrons. The van der Waals surface area contributed by atoms with Gasteiger partial charge in [-0.25, -0.2) is 0 Å². The third-order valence-electron chi connectivity index (χ3n) is 5.82. The maximum Gasteiger partial charge on any atom is 0.126 e. The summed E-state index contributed by atoms with van der Waals surface area (Å²) >= 11 is 0. The molecule has 4 nitrogen and oxygen atoms in total. The van der Waals surface area contributed by atoms with Gasteiger partial charge >= 0.3 is 0 Å². The molecule has 4 heteroatoms. The molecule has 1 heterocycles. The van der Waals surface area contributed by atoms with Gasteiger partial charge in [-0.1, -0.05) is 91.0 Å². The smallest absolute Gasteiger partial charge is 0.126 e. The predicted octanol–water partition coefficient (Wildman–Crippen LogP) is 5.93. The summed E-state index contributed by atoms with van der Waals surface area (Å²) in [6, 6.07) is 34.5. The highest BCUT2D eigenvalue weighted by Crippen LogP contribution is 2.29. The van der Waals surface area contributed by atoms with E-state index in [-0.39, 0.29) is 12.6 Å². The Morgan fingerprint density at radius 3 is 1.94 bits per heavy atom. The fourth-order valence-electron chi connectivity index (χ4n) is 4.01. The molecular formula is C29H31NO3. The van der Waals surface area contributed by atoms with Crippen molar-refractivity contribution in [3.05, 3.63) is 132 Å². The highest BCUT2D eigenvalue weighted by Gasteiger charge is 2.27. The average Bonchev–Trinajstić information content (AvgIpc) is 3.35. The molecule has 0 aliphatic carbocycles. The van der Waals surface area contributed by atoms with Crippen LogP contribution in [-0.2, 0) is 22.7 Å². The summed E-state index contributed by atoms with van der Waals surface area (Å²) in [5, 5.41) is 11.2. The van der Waals surface area contributed by atoms with Gasteiger partial charge in [0.1, 0.15) is 12.2 Å².